The van der Waals surface area contributed by atoms with Gasteiger partial charge < -0.3 is 10.6 Å². The second-order valence-corrected chi connectivity index (χ2v) is 4.59. The summed E-state index contributed by atoms with van der Waals surface area (Å²) in [4.78, 5) is 8.66. The van der Waals surface area contributed by atoms with E-state index in [0.717, 1.165) is 32.0 Å². The Kier molecular flexibility index (Phi) is 3.55. The number of thiazole rings is 1. The fourth-order valence-electron chi connectivity index (χ4n) is 1.47. The first-order chi connectivity index (χ1) is 7.36. The van der Waals surface area contributed by atoms with Gasteiger partial charge in [-0.05, 0) is 6.42 Å². The molecule has 2 heterocycles. The van der Waals surface area contributed by atoms with E-state index in [1.807, 2.05) is 11.6 Å². The molecule has 82 valence electrons. The first kappa shape index (κ1) is 10.4. The van der Waals surface area contributed by atoms with E-state index >= 15 is 0 Å². The van der Waals surface area contributed by atoms with Gasteiger partial charge in [0.15, 0.2) is 5.96 Å². The number of hydrogen-bond donors (Lipinski definition) is 2. The average molecular weight is 224 g/mol. The van der Waals surface area contributed by atoms with E-state index < -0.39 is 0 Å². The molecule has 0 aromatic carbocycles. The van der Waals surface area contributed by atoms with Crippen LogP contribution < -0.4 is 10.6 Å². The van der Waals surface area contributed by atoms with Crippen molar-refractivity contribution in [1.29, 1.82) is 0 Å². The largest absolute Gasteiger partial charge is 0.356 e. The van der Waals surface area contributed by atoms with Crippen molar-refractivity contribution < 1.29 is 0 Å². The highest BCUT2D eigenvalue weighted by Gasteiger charge is 2.09. The molecule has 0 bridgehead atoms. The number of guanidine groups is 1. The topological polar surface area (TPSA) is 49.3 Å². The molecule has 2 rings (SSSR count). The molecule has 2 N–H and O–H groups in total. The predicted octanol–water partition coefficient (Wildman–Crippen LogP) is 1.19. The van der Waals surface area contributed by atoms with Crippen LogP contribution in [0.3, 0.4) is 0 Å². The normalized spacial score (nSPS) is 17.8. The van der Waals surface area contributed by atoms with E-state index in [2.05, 4.69) is 27.5 Å². The Labute approximate surface area is 93.8 Å². The molecule has 0 aliphatic carbocycles. The molecular weight excluding hydrogens is 208 g/mol. The first-order valence-electron chi connectivity index (χ1n) is 5.28. The maximum Gasteiger partial charge on any atom is 0.191 e. The predicted molar refractivity (Wildman–Crippen MR) is 63.5 cm³/mol. The summed E-state index contributed by atoms with van der Waals surface area (Å²) in [5.74, 6) is 1.38. The lowest BCUT2D eigenvalue weighted by Gasteiger charge is -2.17. The van der Waals surface area contributed by atoms with Crippen LogP contribution in [0.25, 0.3) is 0 Å². The highest BCUT2D eigenvalue weighted by molar-refractivity contribution is 7.09. The zero-order valence-electron chi connectivity index (χ0n) is 8.86. The quantitative estimate of drug-likeness (QED) is 0.810. The minimum absolute atomic E-state index is 0.441. The van der Waals surface area contributed by atoms with Crippen molar-refractivity contribution in [3.8, 4) is 0 Å². The van der Waals surface area contributed by atoms with Gasteiger partial charge in [-0.3, -0.25) is 4.99 Å². The number of aliphatic imine (C=N–C) groups is 1. The molecule has 1 atom stereocenters. The number of hydrogen-bond acceptors (Lipinski definition) is 5. The van der Waals surface area contributed by atoms with Crippen molar-refractivity contribution in [2.75, 3.05) is 19.6 Å². The molecular formula is C10H16N4S. The highest BCUT2D eigenvalue weighted by Crippen LogP contribution is 2.16. The maximum atomic E-state index is 4.36. The summed E-state index contributed by atoms with van der Waals surface area (Å²) in [6.07, 6.45) is 2.99. The molecule has 0 fully saturated rings. The van der Waals surface area contributed by atoms with Crippen LogP contribution >= 0.6 is 11.3 Å². The Balaban J connectivity index is 1.80. The third-order valence-corrected chi connectivity index (χ3v) is 3.35. The lowest BCUT2D eigenvalue weighted by Crippen LogP contribution is -2.42. The lowest BCUT2D eigenvalue weighted by molar-refractivity contribution is 0.663. The minimum Gasteiger partial charge on any atom is -0.356 e. The van der Waals surface area contributed by atoms with Crippen LogP contribution in [0.15, 0.2) is 16.6 Å². The van der Waals surface area contributed by atoms with Gasteiger partial charge in [-0.2, -0.15) is 0 Å². The Morgan fingerprint density at radius 1 is 1.67 bits per heavy atom. The van der Waals surface area contributed by atoms with Crippen LogP contribution in [0.2, 0.25) is 0 Å². The fourth-order valence-corrected chi connectivity index (χ4v) is 2.16. The van der Waals surface area contributed by atoms with Crippen LogP contribution in [-0.4, -0.2) is 30.6 Å². The van der Waals surface area contributed by atoms with Gasteiger partial charge in [0.1, 0.15) is 0 Å². The standard InChI is InChI=1S/C10H16N4S/c1-8(9-11-5-6-15-9)7-14-10-12-3-2-4-13-10/h5-6,8H,2-4,7H2,1H3,(H2,12,13,14). The number of nitrogens with one attached hydrogen (secondary N) is 2. The van der Waals surface area contributed by atoms with Crippen molar-refractivity contribution >= 4 is 17.3 Å². The van der Waals surface area contributed by atoms with Gasteiger partial charge in [-0.25, -0.2) is 4.98 Å². The fraction of sp³-hybridized carbons (Fsp3) is 0.600. The summed E-state index contributed by atoms with van der Waals surface area (Å²) >= 11 is 1.71. The Bertz CT molecular complexity index is 320. The van der Waals surface area contributed by atoms with E-state index in [0.29, 0.717) is 5.92 Å². The molecule has 1 aromatic rings. The summed E-state index contributed by atoms with van der Waals surface area (Å²) in [7, 11) is 0. The van der Waals surface area contributed by atoms with Gasteiger partial charge in [0.05, 0.1) is 5.01 Å². The molecule has 0 spiro atoms. The highest BCUT2D eigenvalue weighted by atomic mass is 32.1. The number of rotatable bonds is 3. The molecule has 0 amide bonds. The first-order valence-corrected chi connectivity index (χ1v) is 6.16. The van der Waals surface area contributed by atoms with Crippen molar-refractivity contribution in [3.63, 3.8) is 0 Å². The lowest BCUT2D eigenvalue weighted by atomic mass is 10.2. The summed E-state index contributed by atoms with van der Waals surface area (Å²) in [6, 6.07) is 0. The molecule has 0 saturated heterocycles. The zero-order valence-corrected chi connectivity index (χ0v) is 9.68. The Hall–Kier alpha value is -1.10. The molecule has 4 nitrogen and oxygen atoms in total. The van der Waals surface area contributed by atoms with E-state index in [1.54, 1.807) is 11.3 Å². The molecule has 5 heteroatoms. The zero-order chi connectivity index (χ0) is 10.5. The van der Waals surface area contributed by atoms with E-state index in [4.69, 9.17) is 0 Å². The summed E-state index contributed by atoms with van der Waals surface area (Å²) < 4.78 is 0. The molecule has 1 aromatic heterocycles. The van der Waals surface area contributed by atoms with Crippen LogP contribution in [0, 0.1) is 0 Å². The van der Waals surface area contributed by atoms with E-state index in [-0.39, 0.29) is 0 Å². The minimum atomic E-state index is 0.441. The van der Waals surface area contributed by atoms with Gasteiger partial charge in [0.25, 0.3) is 0 Å². The van der Waals surface area contributed by atoms with E-state index in [9.17, 15) is 0 Å². The molecule has 0 radical (unpaired) electrons. The van der Waals surface area contributed by atoms with Crippen molar-refractivity contribution in [2.45, 2.75) is 19.3 Å². The Morgan fingerprint density at radius 2 is 2.60 bits per heavy atom. The molecule has 15 heavy (non-hydrogen) atoms. The Morgan fingerprint density at radius 3 is 3.27 bits per heavy atom. The van der Waals surface area contributed by atoms with Gasteiger partial charge in [-0.1, -0.05) is 6.92 Å². The van der Waals surface area contributed by atoms with Crippen LogP contribution in [0.5, 0.6) is 0 Å². The monoisotopic (exact) mass is 224 g/mol. The third kappa shape index (κ3) is 2.92. The van der Waals surface area contributed by atoms with Gasteiger partial charge in [0.2, 0.25) is 0 Å². The van der Waals surface area contributed by atoms with Crippen molar-refractivity contribution in [2.24, 2.45) is 4.99 Å². The van der Waals surface area contributed by atoms with Crippen molar-refractivity contribution in [3.05, 3.63) is 16.6 Å². The number of aromatic nitrogens is 1. The van der Waals surface area contributed by atoms with Crippen LogP contribution in [0.1, 0.15) is 24.3 Å². The summed E-state index contributed by atoms with van der Waals surface area (Å²) in [5, 5.41) is 9.75. The second kappa shape index (κ2) is 5.11. The SMILES string of the molecule is CC(CNC1=NCCCN1)c1nccs1. The van der Waals surface area contributed by atoms with Crippen LogP contribution in [-0.2, 0) is 0 Å². The van der Waals surface area contributed by atoms with Gasteiger partial charge >= 0.3 is 0 Å². The molecule has 1 unspecified atom stereocenters. The van der Waals surface area contributed by atoms with Gasteiger partial charge in [0, 0.05) is 37.1 Å². The van der Waals surface area contributed by atoms with Crippen molar-refractivity contribution in [1.82, 2.24) is 15.6 Å². The smallest absolute Gasteiger partial charge is 0.191 e. The maximum absolute atomic E-state index is 4.36. The molecule has 1 aliphatic heterocycles. The van der Waals surface area contributed by atoms with Crippen LogP contribution in [0.4, 0.5) is 0 Å². The molecule has 1 aliphatic rings. The molecule has 0 saturated carbocycles. The summed E-state index contributed by atoms with van der Waals surface area (Å²) in [6.45, 7) is 5.02. The third-order valence-electron chi connectivity index (χ3n) is 2.35. The summed E-state index contributed by atoms with van der Waals surface area (Å²) in [5.41, 5.74) is 0. The average Bonchev–Trinajstić information content (AvgIpc) is 2.81. The van der Waals surface area contributed by atoms with E-state index in [1.165, 1.54) is 5.01 Å². The second-order valence-electron chi connectivity index (χ2n) is 3.66. The van der Waals surface area contributed by atoms with Gasteiger partial charge in [-0.15, -0.1) is 11.3 Å². The number of nitrogens with zero attached hydrogens (tertiary/aromatic N) is 2.